The summed E-state index contributed by atoms with van der Waals surface area (Å²) in [6, 6.07) is 10.8. The van der Waals surface area contributed by atoms with Gasteiger partial charge in [0.1, 0.15) is 0 Å². The molecule has 1 aliphatic rings. The van der Waals surface area contributed by atoms with Crippen molar-refractivity contribution in [2.24, 2.45) is 11.8 Å². The van der Waals surface area contributed by atoms with E-state index in [9.17, 15) is 0 Å². The highest BCUT2D eigenvalue weighted by Crippen LogP contribution is 2.31. The SMILES string of the molecule is CC1CCC(CCc2ccc(-n3cccn3)cc2)CC1. The van der Waals surface area contributed by atoms with Crippen molar-refractivity contribution in [1.82, 2.24) is 9.78 Å². The Hall–Kier alpha value is -1.57. The zero-order valence-electron chi connectivity index (χ0n) is 12.3. The molecule has 2 nitrogen and oxygen atoms in total. The van der Waals surface area contributed by atoms with Gasteiger partial charge in [0.2, 0.25) is 0 Å². The molecule has 0 spiro atoms. The van der Waals surface area contributed by atoms with Crippen LogP contribution in [-0.4, -0.2) is 9.78 Å². The largest absolute Gasteiger partial charge is 0.241 e. The fraction of sp³-hybridized carbons (Fsp3) is 0.500. The van der Waals surface area contributed by atoms with Crippen molar-refractivity contribution >= 4 is 0 Å². The minimum Gasteiger partial charge on any atom is -0.241 e. The Morgan fingerprint density at radius 3 is 2.50 bits per heavy atom. The number of aryl methyl sites for hydroxylation is 1. The predicted octanol–water partition coefficient (Wildman–Crippen LogP) is 4.63. The third kappa shape index (κ3) is 3.30. The lowest BCUT2D eigenvalue weighted by Gasteiger charge is -2.26. The number of aromatic nitrogens is 2. The lowest BCUT2D eigenvalue weighted by Crippen LogP contribution is -2.12. The molecule has 1 heterocycles. The van der Waals surface area contributed by atoms with Crippen molar-refractivity contribution in [3.8, 4) is 5.69 Å². The normalized spacial score (nSPS) is 22.9. The molecule has 1 aromatic heterocycles. The standard InChI is InChI=1S/C18H24N2/c1-15-3-5-16(6-4-15)7-8-17-9-11-18(12-10-17)20-14-2-13-19-20/h2,9-16H,3-8H2,1H3. The second-order valence-corrected chi connectivity index (χ2v) is 6.28. The van der Waals surface area contributed by atoms with Crippen LogP contribution in [0.1, 0.15) is 44.6 Å². The van der Waals surface area contributed by atoms with Gasteiger partial charge in [-0.15, -0.1) is 0 Å². The molecule has 0 bridgehead atoms. The van der Waals surface area contributed by atoms with E-state index in [1.807, 2.05) is 23.1 Å². The first kappa shape index (κ1) is 13.4. The minimum absolute atomic E-state index is 0.956. The second kappa shape index (κ2) is 6.25. The Kier molecular flexibility index (Phi) is 4.19. The highest BCUT2D eigenvalue weighted by Gasteiger charge is 2.17. The highest BCUT2D eigenvalue weighted by molar-refractivity contribution is 5.33. The molecule has 1 aliphatic carbocycles. The average Bonchev–Trinajstić information content (AvgIpc) is 3.01. The van der Waals surface area contributed by atoms with Gasteiger partial charge in [-0.2, -0.15) is 5.10 Å². The van der Waals surface area contributed by atoms with Crippen LogP contribution >= 0.6 is 0 Å². The number of rotatable bonds is 4. The van der Waals surface area contributed by atoms with E-state index in [1.165, 1.54) is 44.1 Å². The Balaban J connectivity index is 1.53. The van der Waals surface area contributed by atoms with Gasteiger partial charge in [-0.1, -0.05) is 44.7 Å². The van der Waals surface area contributed by atoms with Crippen molar-refractivity contribution < 1.29 is 0 Å². The quantitative estimate of drug-likeness (QED) is 0.790. The minimum atomic E-state index is 0.956. The van der Waals surface area contributed by atoms with E-state index in [2.05, 4.69) is 36.3 Å². The van der Waals surface area contributed by atoms with Crippen molar-refractivity contribution in [2.75, 3.05) is 0 Å². The van der Waals surface area contributed by atoms with E-state index in [1.54, 1.807) is 0 Å². The van der Waals surface area contributed by atoms with E-state index >= 15 is 0 Å². The van der Waals surface area contributed by atoms with Gasteiger partial charge in [0.15, 0.2) is 0 Å². The molecule has 1 aromatic carbocycles. The molecule has 20 heavy (non-hydrogen) atoms. The fourth-order valence-electron chi connectivity index (χ4n) is 3.23. The van der Waals surface area contributed by atoms with Gasteiger partial charge in [-0.3, -0.25) is 0 Å². The van der Waals surface area contributed by atoms with Crippen LogP contribution in [0.3, 0.4) is 0 Å². The lowest BCUT2D eigenvalue weighted by atomic mass is 9.80. The van der Waals surface area contributed by atoms with Crippen LogP contribution in [0.4, 0.5) is 0 Å². The van der Waals surface area contributed by atoms with E-state index in [0.717, 1.165) is 17.5 Å². The number of hydrogen-bond acceptors (Lipinski definition) is 1. The summed E-state index contributed by atoms with van der Waals surface area (Å²) in [4.78, 5) is 0. The van der Waals surface area contributed by atoms with Crippen LogP contribution in [-0.2, 0) is 6.42 Å². The van der Waals surface area contributed by atoms with Crippen molar-refractivity contribution in [1.29, 1.82) is 0 Å². The molecule has 0 atom stereocenters. The summed E-state index contributed by atoms with van der Waals surface area (Å²) in [5.74, 6) is 1.91. The molecule has 1 fully saturated rings. The summed E-state index contributed by atoms with van der Waals surface area (Å²) in [6.45, 7) is 2.39. The molecule has 0 amide bonds. The first-order chi connectivity index (χ1) is 9.81. The van der Waals surface area contributed by atoms with Crippen molar-refractivity contribution in [2.45, 2.75) is 45.4 Å². The van der Waals surface area contributed by atoms with Gasteiger partial charge in [0, 0.05) is 12.4 Å². The Labute approximate surface area is 121 Å². The topological polar surface area (TPSA) is 17.8 Å². The third-order valence-corrected chi connectivity index (χ3v) is 4.68. The van der Waals surface area contributed by atoms with Crippen LogP contribution in [0, 0.1) is 11.8 Å². The summed E-state index contributed by atoms with van der Waals surface area (Å²) < 4.78 is 1.91. The summed E-state index contributed by atoms with van der Waals surface area (Å²) in [7, 11) is 0. The van der Waals surface area contributed by atoms with E-state index < -0.39 is 0 Å². The lowest BCUT2D eigenvalue weighted by molar-refractivity contribution is 0.278. The molecular formula is C18H24N2. The molecular weight excluding hydrogens is 244 g/mol. The van der Waals surface area contributed by atoms with Gasteiger partial charge in [0.25, 0.3) is 0 Å². The average molecular weight is 268 g/mol. The highest BCUT2D eigenvalue weighted by atomic mass is 15.3. The molecule has 0 N–H and O–H groups in total. The van der Waals surface area contributed by atoms with Crippen LogP contribution in [0.25, 0.3) is 5.69 Å². The predicted molar refractivity (Wildman–Crippen MR) is 83.0 cm³/mol. The smallest absolute Gasteiger partial charge is 0.0645 e. The molecule has 2 heteroatoms. The zero-order chi connectivity index (χ0) is 13.8. The van der Waals surface area contributed by atoms with Gasteiger partial charge < -0.3 is 0 Å². The molecule has 1 saturated carbocycles. The van der Waals surface area contributed by atoms with Crippen molar-refractivity contribution in [3.05, 3.63) is 48.3 Å². The molecule has 0 unspecified atom stereocenters. The van der Waals surface area contributed by atoms with Gasteiger partial charge in [-0.25, -0.2) is 4.68 Å². The molecule has 106 valence electrons. The molecule has 0 aliphatic heterocycles. The van der Waals surface area contributed by atoms with Crippen LogP contribution in [0.15, 0.2) is 42.7 Å². The maximum Gasteiger partial charge on any atom is 0.0645 e. The second-order valence-electron chi connectivity index (χ2n) is 6.28. The Morgan fingerprint density at radius 2 is 1.85 bits per heavy atom. The molecule has 3 rings (SSSR count). The maximum atomic E-state index is 4.26. The summed E-state index contributed by atoms with van der Waals surface area (Å²) in [5, 5.41) is 4.26. The Bertz CT molecular complexity index is 505. The van der Waals surface area contributed by atoms with Crippen LogP contribution in [0.5, 0.6) is 0 Å². The molecule has 2 aromatic rings. The van der Waals surface area contributed by atoms with Crippen LogP contribution in [0.2, 0.25) is 0 Å². The summed E-state index contributed by atoms with van der Waals surface area (Å²) in [6.07, 6.45) is 12.1. The monoisotopic (exact) mass is 268 g/mol. The van der Waals surface area contributed by atoms with Gasteiger partial charge >= 0.3 is 0 Å². The first-order valence-corrected chi connectivity index (χ1v) is 7.90. The summed E-state index contributed by atoms with van der Waals surface area (Å²) in [5.41, 5.74) is 2.60. The van der Waals surface area contributed by atoms with E-state index in [4.69, 9.17) is 0 Å². The van der Waals surface area contributed by atoms with Gasteiger partial charge in [0.05, 0.1) is 5.69 Å². The first-order valence-electron chi connectivity index (χ1n) is 7.90. The molecule has 0 radical (unpaired) electrons. The number of nitrogens with zero attached hydrogens (tertiary/aromatic N) is 2. The van der Waals surface area contributed by atoms with Crippen molar-refractivity contribution in [3.63, 3.8) is 0 Å². The molecule has 0 saturated heterocycles. The number of hydrogen-bond donors (Lipinski definition) is 0. The number of benzene rings is 1. The fourth-order valence-corrected chi connectivity index (χ4v) is 3.23. The van der Waals surface area contributed by atoms with Crippen LogP contribution < -0.4 is 0 Å². The van der Waals surface area contributed by atoms with Gasteiger partial charge in [-0.05, 0) is 48.4 Å². The third-order valence-electron chi connectivity index (χ3n) is 4.68. The summed E-state index contributed by atoms with van der Waals surface area (Å²) >= 11 is 0. The zero-order valence-corrected chi connectivity index (χ0v) is 12.3. The van der Waals surface area contributed by atoms with E-state index in [-0.39, 0.29) is 0 Å². The maximum absolute atomic E-state index is 4.26. The van der Waals surface area contributed by atoms with E-state index in [0.29, 0.717) is 0 Å². The Morgan fingerprint density at radius 1 is 1.10 bits per heavy atom.